The molecule has 1 N–H and O–H groups in total. The Bertz CT molecular complexity index is 359. The standard InChI is InChI=1S/C9H10O4S2/c1-2-13-8(10)5-14-6-3-7(9(11)12)15-4-6/h3-4H,2,5H2,1H3,(H,11,12). The molecule has 0 spiro atoms. The molecule has 82 valence electrons. The molecule has 0 unspecified atom stereocenters. The van der Waals surface area contributed by atoms with Gasteiger partial charge in [0, 0.05) is 10.3 Å². The van der Waals surface area contributed by atoms with Gasteiger partial charge in [0.25, 0.3) is 0 Å². The van der Waals surface area contributed by atoms with Gasteiger partial charge in [0.15, 0.2) is 0 Å². The van der Waals surface area contributed by atoms with Crippen LogP contribution in [0, 0.1) is 0 Å². The van der Waals surface area contributed by atoms with Crippen molar-refractivity contribution in [3.8, 4) is 0 Å². The number of carboxylic acid groups (broad SMARTS) is 1. The Labute approximate surface area is 95.3 Å². The Hall–Kier alpha value is -1.01. The molecule has 6 heteroatoms. The van der Waals surface area contributed by atoms with E-state index in [1.807, 2.05) is 0 Å². The van der Waals surface area contributed by atoms with Gasteiger partial charge < -0.3 is 9.84 Å². The lowest BCUT2D eigenvalue weighted by molar-refractivity contribution is -0.139. The molecule has 15 heavy (non-hydrogen) atoms. The van der Waals surface area contributed by atoms with Crippen molar-refractivity contribution in [2.24, 2.45) is 0 Å². The molecule has 1 heterocycles. The fourth-order valence-electron chi connectivity index (χ4n) is 0.852. The molecule has 4 nitrogen and oxygen atoms in total. The van der Waals surface area contributed by atoms with Gasteiger partial charge in [0.1, 0.15) is 4.88 Å². The van der Waals surface area contributed by atoms with Crippen LogP contribution in [0.5, 0.6) is 0 Å². The zero-order chi connectivity index (χ0) is 11.3. The Morgan fingerprint density at radius 1 is 1.60 bits per heavy atom. The SMILES string of the molecule is CCOC(=O)CSc1csc(C(=O)O)c1. The minimum atomic E-state index is -0.942. The molecule has 1 aromatic heterocycles. The number of carbonyl (C=O) groups excluding carboxylic acids is 1. The number of thioether (sulfide) groups is 1. The summed E-state index contributed by atoms with van der Waals surface area (Å²) in [7, 11) is 0. The van der Waals surface area contributed by atoms with Gasteiger partial charge in [0.05, 0.1) is 12.4 Å². The number of thiophene rings is 1. The number of ether oxygens (including phenoxy) is 1. The van der Waals surface area contributed by atoms with E-state index in [0.717, 1.165) is 16.2 Å². The van der Waals surface area contributed by atoms with E-state index in [2.05, 4.69) is 0 Å². The number of carbonyl (C=O) groups is 2. The fraction of sp³-hybridized carbons (Fsp3) is 0.333. The normalized spacial score (nSPS) is 9.93. The third-order valence-corrected chi connectivity index (χ3v) is 3.46. The monoisotopic (exact) mass is 246 g/mol. The maximum absolute atomic E-state index is 11.0. The maximum Gasteiger partial charge on any atom is 0.345 e. The number of aromatic carboxylic acids is 1. The lowest BCUT2D eigenvalue weighted by Gasteiger charge is -1.99. The Kier molecular flexibility index (Phi) is 4.64. The number of esters is 1. The highest BCUT2D eigenvalue weighted by Gasteiger charge is 2.09. The fourth-order valence-corrected chi connectivity index (χ4v) is 2.52. The Balaban J connectivity index is 2.44. The third kappa shape index (κ3) is 3.93. The summed E-state index contributed by atoms with van der Waals surface area (Å²) in [6, 6.07) is 1.55. The third-order valence-electron chi connectivity index (χ3n) is 1.45. The first-order valence-corrected chi connectivity index (χ1v) is 6.10. The van der Waals surface area contributed by atoms with Crippen molar-refractivity contribution in [2.45, 2.75) is 11.8 Å². The van der Waals surface area contributed by atoms with Crippen molar-refractivity contribution in [2.75, 3.05) is 12.4 Å². The van der Waals surface area contributed by atoms with Gasteiger partial charge in [-0.3, -0.25) is 4.79 Å². The van der Waals surface area contributed by atoms with Crippen molar-refractivity contribution in [1.82, 2.24) is 0 Å². The molecule has 0 amide bonds. The highest BCUT2D eigenvalue weighted by molar-refractivity contribution is 8.00. The number of carboxylic acids is 1. The molecule has 0 saturated heterocycles. The van der Waals surface area contributed by atoms with Crippen LogP contribution >= 0.6 is 23.1 Å². The minimum absolute atomic E-state index is 0.212. The number of rotatable bonds is 5. The summed E-state index contributed by atoms with van der Waals surface area (Å²) >= 11 is 2.43. The summed E-state index contributed by atoms with van der Waals surface area (Å²) in [5.41, 5.74) is 0. The van der Waals surface area contributed by atoms with Gasteiger partial charge in [-0.05, 0) is 13.0 Å². The Morgan fingerprint density at radius 2 is 2.33 bits per heavy atom. The zero-order valence-corrected chi connectivity index (χ0v) is 9.69. The molecule has 0 saturated carbocycles. The first-order valence-electron chi connectivity index (χ1n) is 4.23. The topological polar surface area (TPSA) is 63.6 Å². The van der Waals surface area contributed by atoms with E-state index < -0.39 is 5.97 Å². The van der Waals surface area contributed by atoms with Crippen LogP contribution < -0.4 is 0 Å². The van der Waals surface area contributed by atoms with Crippen molar-refractivity contribution in [1.29, 1.82) is 0 Å². The van der Waals surface area contributed by atoms with E-state index >= 15 is 0 Å². The number of hydrogen-bond donors (Lipinski definition) is 1. The highest BCUT2D eigenvalue weighted by atomic mass is 32.2. The lowest BCUT2D eigenvalue weighted by atomic mass is 10.5. The quantitative estimate of drug-likeness (QED) is 0.636. The van der Waals surface area contributed by atoms with Gasteiger partial charge in [-0.15, -0.1) is 23.1 Å². The van der Waals surface area contributed by atoms with Crippen molar-refractivity contribution in [3.63, 3.8) is 0 Å². The molecule has 0 aromatic carbocycles. The Morgan fingerprint density at radius 3 is 2.87 bits per heavy atom. The van der Waals surface area contributed by atoms with Crippen LogP contribution in [0.25, 0.3) is 0 Å². The zero-order valence-electron chi connectivity index (χ0n) is 8.06. The molecular weight excluding hydrogens is 236 g/mol. The van der Waals surface area contributed by atoms with Gasteiger partial charge in [0.2, 0.25) is 0 Å². The molecule has 0 aliphatic carbocycles. The second-order valence-corrected chi connectivity index (χ2v) is 4.51. The smallest absolute Gasteiger partial charge is 0.345 e. The van der Waals surface area contributed by atoms with Crippen LogP contribution in [0.1, 0.15) is 16.6 Å². The van der Waals surface area contributed by atoms with E-state index in [4.69, 9.17) is 9.84 Å². The van der Waals surface area contributed by atoms with Crippen LogP contribution in [-0.4, -0.2) is 29.4 Å². The summed E-state index contributed by atoms with van der Waals surface area (Å²) in [6.45, 7) is 2.11. The van der Waals surface area contributed by atoms with E-state index in [9.17, 15) is 9.59 Å². The van der Waals surface area contributed by atoms with E-state index in [1.54, 1.807) is 18.4 Å². The van der Waals surface area contributed by atoms with E-state index in [0.29, 0.717) is 6.61 Å². The average Bonchev–Trinajstić information content (AvgIpc) is 2.63. The summed E-state index contributed by atoms with van der Waals surface area (Å²) in [6.07, 6.45) is 0. The first-order chi connectivity index (χ1) is 7.13. The summed E-state index contributed by atoms with van der Waals surface area (Å²) in [5.74, 6) is -1.02. The largest absolute Gasteiger partial charge is 0.477 e. The highest BCUT2D eigenvalue weighted by Crippen LogP contribution is 2.24. The molecule has 0 aliphatic rings. The van der Waals surface area contributed by atoms with Crippen molar-refractivity contribution in [3.05, 3.63) is 16.3 Å². The van der Waals surface area contributed by atoms with Crippen LogP contribution in [-0.2, 0) is 9.53 Å². The predicted octanol–water partition coefficient (Wildman–Crippen LogP) is 2.10. The van der Waals surface area contributed by atoms with E-state index in [-0.39, 0.29) is 16.6 Å². The molecule has 0 bridgehead atoms. The summed E-state index contributed by atoms with van der Waals surface area (Å²) in [5, 5.41) is 10.4. The molecule has 1 rings (SSSR count). The van der Waals surface area contributed by atoms with Crippen LogP contribution in [0.2, 0.25) is 0 Å². The molecule has 0 radical (unpaired) electrons. The lowest BCUT2D eigenvalue weighted by Crippen LogP contribution is -2.06. The molecular formula is C9H10O4S2. The summed E-state index contributed by atoms with van der Waals surface area (Å²) < 4.78 is 4.75. The van der Waals surface area contributed by atoms with Gasteiger partial charge in [-0.25, -0.2) is 4.79 Å². The average molecular weight is 246 g/mol. The molecule has 1 aromatic rings. The maximum atomic E-state index is 11.0. The van der Waals surface area contributed by atoms with Crippen LogP contribution in [0.4, 0.5) is 0 Å². The molecule has 0 fully saturated rings. The number of hydrogen-bond acceptors (Lipinski definition) is 5. The van der Waals surface area contributed by atoms with Crippen molar-refractivity contribution < 1.29 is 19.4 Å². The van der Waals surface area contributed by atoms with Gasteiger partial charge in [-0.1, -0.05) is 0 Å². The van der Waals surface area contributed by atoms with Gasteiger partial charge >= 0.3 is 11.9 Å². The van der Waals surface area contributed by atoms with Gasteiger partial charge in [-0.2, -0.15) is 0 Å². The molecule has 0 atom stereocenters. The second-order valence-electron chi connectivity index (χ2n) is 2.55. The van der Waals surface area contributed by atoms with E-state index in [1.165, 1.54) is 11.8 Å². The van der Waals surface area contributed by atoms with Crippen LogP contribution in [0.3, 0.4) is 0 Å². The summed E-state index contributed by atoms with van der Waals surface area (Å²) in [4.78, 5) is 22.6. The van der Waals surface area contributed by atoms with Crippen LogP contribution in [0.15, 0.2) is 16.3 Å². The van der Waals surface area contributed by atoms with Crippen molar-refractivity contribution >= 4 is 35.0 Å². The molecule has 0 aliphatic heterocycles. The second kappa shape index (κ2) is 5.77. The predicted molar refractivity (Wildman–Crippen MR) is 58.6 cm³/mol. The minimum Gasteiger partial charge on any atom is -0.477 e. The first kappa shape index (κ1) is 12.1.